The predicted molar refractivity (Wildman–Crippen MR) is 70.2 cm³/mol. The predicted octanol–water partition coefficient (Wildman–Crippen LogP) is 3.14. The second kappa shape index (κ2) is 7.70. The molecule has 3 heteroatoms. The van der Waals surface area contributed by atoms with Crippen molar-refractivity contribution >= 4 is 5.97 Å². The van der Waals surface area contributed by atoms with Crippen molar-refractivity contribution < 1.29 is 9.90 Å². The van der Waals surface area contributed by atoms with Crippen LogP contribution >= 0.6 is 0 Å². The summed E-state index contributed by atoms with van der Waals surface area (Å²) in [6.07, 6.45) is 7.97. The van der Waals surface area contributed by atoms with Crippen LogP contribution in [-0.2, 0) is 4.79 Å². The molecule has 100 valence electrons. The molecular formula is C14H27NO2. The molecule has 0 heterocycles. The van der Waals surface area contributed by atoms with Crippen molar-refractivity contribution in [3.05, 3.63) is 0 Å². The van der Waals surface area contributed by atoms with Crippen LogP contribution in [-0.4, -0.2) is 35.1 Å². The van der Waals surface area contributed by atoms with Crippen LogP contribution in [0.1, 0.15) is 58.8 Å². The van der Waals surface area contributed by atoms with Gasteiger partial charge in [-0.05, 0) is 45.6 Å². The molecule has 1 N–H and O–H groups in total. The molecule has 1 aliphatic carbocycles. The van der Waals surface area contributed by atoms with E-state index in [2.05, 4.69) is 18.7 Å². The molecule has 0 aromatic rings. The number of carboxylic acid groups (broad SMARTS) is 1. The molecule has 0 saturated heterocycles. The summed E-state index contributed by atoms with van der Waals surface area (Å²) in [7, 11) is 0. The molecule has 0 aromatic carbocycles. The highest BCUT2D eigenvalue weighted by atomic mass is 16.4. The normalized spacial score (nSPS) is 17.9. The topological polar surface area (TPSA) is 40.5 Å². The van der Waals surface area contributed by atoms with Crippen molar-refractivity contribution in [3.63, 3.8) is 0 Å². The third-order valence-electron chi connectivity index (χ3n) is 3.78. The van der Waals surface area contributed by atoms with Gasteiger partial charge in [0, 0.05) is 19.0 Å². The lowest BCUT2D eigenvalue weighted by Gasteiger charge is -2.32. The van der Waals surface area contributed by atoms with Crippen molar-refractivity contribution in [1.29, 1.82) is 0 Å². The molecule has 17 heavy (non-hydrogen) atoms. The van der Waals surface area contributed by atoms with Gasteiger partial charge in [0.05, 0.1) is 0 Å². The van der Waals surface area contributed by atoms with Crippen LogP contribution in [0.15, 0.2) is 0 Å². The molecular weight excluding hydrogens is 214 g/mol. The lowest BCUT2D eigenvalue weighted by molar-refractivity contribution is -0.137. The number of carbonyl (C=O) groups is 1. The SMILES string of the molecule is CC(C)N(CCCC(=O)O)CC1CCCCC1. The van der Waals surface area contributed by atoms with Crippen molar-refractivity contribution in [2.45, 2.75) is 64.8 Å². The maximum absolute atomic E-state index is 10.5. The molecule has 1 saturated carbocycles. The number of nitrogens with zero attached hydrogens (tertiary/aromatic N) is 1. The van der Waals surface area contributed by atoms with E-state index in [1.165, 1.54) is 32.1 Å². The Hall–Kier alpha value is -0.570. The second-order valence-corrected chi connectivity index (χ2v) is 5.59. The minimum Gasteiger partial charge on any atom is -0.481 e. The van der Waals surface area contributed by atoms with Crippen LogP contribution in [0.2, 0.25) is 0 Å². The van der Waals surface area contributed by atoms with Crippen LogP contribution < -0.4 is 0 Å². The van der Waals surface area contributed by atoms with Gasteiger partial charge in [-0.15, -0.1) is 0 Å². The zero-order valence-corrected chi connectivity index (χ0v) is 11.3. The number of aliphatic carboxylic acids is 1. The molecule has 0 bridgehead atoms. The zero-order valence-electron chi connectivity index (χ0n) is 11.3. The summed E-state index contributed by atoms with van der Waals surface area (Å²) < 4.78 is 0. The van der Waals surface area contributed by atoms with Gasteiger partial charge < -0.3 is 10.0 Å². The summed E-state index contributed by atoms with van der Waals surface area (Å²) in [6.45, 7) is 6.52. The Kier molecular flexibility index (Phi) is 6.56. The van der Waals surface area contributed by atoms with Crippen LogP contribution in [0.5, 0.6) is 0 Å². The first-order valence-electron chi connectivity index (χ1n) is 7.05. The smallest absolute Gasteiger partial charge is 0.303 e. The third-order valence-corrected chi connectivity index (χ3v) is 3.78. The summed E-state index contributed by atoms with van der Waals surface area (Å²) in [5.74, 6) is 0.169. The van der Waals surface area contributed by atoms with Gasteiger partial charge in [0.25, 0.3) is 0 Å². The Labute approximate surface area is 105 Å². The summed E-state index contributed by atoms with van der Waals surface area (Å²) >= 11 is 0. The fourth-order valence-corrected chi connectivity index (χ4v) is 2.70. The lowest BCUT2D eigenvalue weighted by atomic mass is 9.88. The molecule has 1 fully saturated rings. The van der Waals surface area contributed by atoms with Crippen molar-refractivity contribution in [2.75, 3.05) is 13.1 Å². The maximum atomic E-state index is 10.5. The van der Waals surface area contributed by atoms with Gasteiger partial charge in [0.2, 0.25) is 0 Å². The minimum absolute atomic E-state index is 0.299. The van der Waals surface area contributed by atoms with E-state index in [4.69, 9.17) is 5.11 Å². The fraction of sp³-hybridized carbons (Fsp3) is 0.929. The number of rotatable bonds is 7. The Morgan fingerprint density at radius 3 is 2.47 bits per heavy atom. The molecule has 0 unspecified atom stereocenters. The standard InChI is InChI=1S/C14H27NO2/c1-12(2)15(10-6-9-14(16)17)11-13-7-4-3-5-8-13/h12-13H,3-11H2,1-2H3,(H,16,17). The largest absolute Gasteiger partial charge is 0.481 e. The summed E-state index contributed by atoms with van der Waals surface area (Å²) in [5.41, 5.74) is 0. The Morgan fingerprint density at radius 1 is 1.29 bits per heavy atom. The summed E-state index contributed by atoms with van der Waals surface area (Å²) in [5, 5.41) is 8.67. The Morgan fingerprint density at radius 2 is 1.94 bits per heavy atom. The zero-order chi connectivity index (χ0) is 12.7. The van der Waals surface area contributed by atoms with E-state index in [1.807, 2.05) is 0 Å². The van der Waals surface area contributed by atoms with Crippen LogP contribution in [0.4, 0.5) is 0 Å². The van der Waals surface area contributed by atoms with E-state index < -0.39 is 5.97 Å². The number of hydrogen-bond donors (Lipinski definition) is 1. The van der Waals surface area contributed by atoms with Gasteiger partial charge >= 0.3 is 5.97 Å². The minimum atomic E-state index is -0.675. The molecule has 0 spiro atoms. The average molecular weight is 241 g/mol. The average Bonchev–Trinajstić information content (AvgIpc) is 2.28. The summed E-state index contributed by atoms with van der Waals surface area (Å²) in [6, 6.07) is 0.533. The highest BCUT2D eigenvalue weighted by Gasteiger charge is 2.18. The van der Waals surface area contributed by atoms with E-state index >= 15 is 0 Å². The van der Waals surface area contributed by atoms with Crippen LogP contribution in [0.3, 0.4) is 0 Å². The molecule has 0 aliphatic heterocycles. The van der Waals surface area contributed by atoms with Gasteiger partial charge in [0.1, 0.15) is 0 Å². The number of hydrogen-bond acceptors (Lipinski definition) is 2. The van der Waals surface area contributed by atoms with Gasteiger partial charge in [-0.3, -0.25) is 4.79 Å². The number of carboxylic acids is 1. The monoisotopic (exact) mass is 241 g/mol. The highest BCUT2D eigenvalue weighted by Crippen LogP contribution is 2.25. The lowest BCUT2D eigenvalue weighted by Crippen LogP contribution is -2.37. The van der Waals surface area contributed by atoms with E-state index in [9.17, 15) is 4.79 Å². The molecule has 0 radical (unpaired) electrons. The molecule has 3 nitrogen and oxygen atoms in total. The van der Waals surface area contributed by atoms with E-state index in [0.29, 0.717) is 12.5 Å². The Bertz CT molecular complexity index is 222. The van der Waals surface area contributed by atoms with Gasteiger partial charge in [-0.1, -0.05) is 19.3 Å². The second-order valence-electron chi connectivity index (χ2n) is 5.59. The van der Waals surface area contributed by atoms with Gasteiger partial charge in [-0.25, -0.2) is 0 Å². The molecule has 0 amide bonds. The first kappa shape index (κ1) is 14.5. The molecule has 0 atom stereocenters. The maximum Gasteiger partial charge on any atom is 0.303 e. The van der Waals surface area contributed by atoms with Gasteiger partial charge in [0.15, 0.2) is 0 Å². The fourth-order valence-electron chi connectivity index (χ4n) is 2.70. The molecule has 1 aliphatic rings. The first-order valence-corrected chi connectivity index (χ1v) is 7.05. The van der Waals surface area contributed by atoms with Gasteiger partial charge in [-0.2, -0.15) is 0 Å². The third kappa shape index (κ3) is 6.06. The van der Waals surface area contributed by atoms with E-state index in [1.54, 1.807) is 0 Å². The van der Waals surface area contributed by atoms with Crippen molar-refractivity contribution in [2.24, 2.45) is 5.92 Å². The first-order chi connectivity index (χ1) is 8.09. The summed E-state index contributed by atoms with van der Waals surface area (Å²) in [4.78, 5) is 13.0. The highest BCUT2D eigenvalue weighted by molar-refractivity contribution is 5.66. The molecule has 0 aromatic heterocycles. The quantitative estimate of drug-likeness (QED) is 0.744. The van der Waals surface area contributed by atoms with Crippen molar-refractivity contribution in [3.8, 4) is 0 Å². The van der Waals surface area contributed by atoms with Crippen LogP contribution in [0.25, 0.3) is 0 Å². The van der Waals surface area contributed by atoms with Crippen molar-refractivity contribution in [1.82, 2.24) is 4.90 Å². The Balaban J connectivity index is 2.28. The van der Waals surface area contributed by atoms with Crippen LogP contribution in [0, 0.1) is 5.92 Å². The van der Waals surface area contributed by atoms with E-state index in [0.717, 1.165) is 25.4 Å². The molecule has 1 rings (SSSR count). The van der Waals surface area contributed by atoms with E-state index in [-0.39, 0.29) is 0 Å².